The van der Waals surface area contributed by atoms with E-state index in [1.165, 1.54) is 5.57 Å². The van der Waals surface area contributed by atoms with Crippen LogP contribution in [0.2, 0.25) is 0 Å². The molecule has 8 atom stereocenters. The predicted octanol–water partition coefficient (Wildman–Crippen LogP) is 5.36. The molecular formula is C25H39NO4. The number of carbonyl (C=O) groups is 2. The number of cyclic esters (lactones) is 1. The van der Waals surface area contributed by atoms with Crippen LogP contribution in [-0.4, -0.2) is 42.3 Å². The molecule has 0 aromatic carbocycles. The molecule has 0 bridgehead atoms. The van der Waals surface area contributed by atoms with Crippen molar-refractivity contribution >= 4 is 12.1 Å². The van der Waals surface area contributed by atoms with Crippen LogP contribution in [0.3, 0.4) is 0 Å². The molecule has 5 heteroatoms. The van der Waals surface area contributed by atoms with Crippen LogP contribution in [0.25, 0.3) is 0 Å². The number of carbonyl (C=O) groups excluding carboxylic acids is 2. The van der Waals surface area contributed by atoms with E-state index in [1.54, 1.807) is 4.90 Å². The number of hydrogen-bond donors (Lipinski definition) is 0. The van der Waals surface area contributed by atoms with E-state index in [0.29, 0.717) is 17.8 Å². The summed E-state index contributed by atoms with van der Waals surface area (Å²) >= 11 is 0. The summed E-state index contributed by atoms with van der Waals surface area (Å²) in [6.07, 6.45) is 11.1. The summed E-state index contributed by atoms with van der Waals surface area (Å²) < 4.78 is 11.5. The highest BCUT2D eigenvalue weighted by molar-refractivity contribution is 5.72. The fraction of sp³-hybridized carbons (Fsp3) is 0.760. The zero-order chi connectivity index (χ0) is 22.0. The lowest BCUT2D eigenvalue weighted by Crippen LogP contribution is -2.47. The van der Waals surface area contributed by atoms with Crippen molar-refractivity contribution in [1.29, 1.82) is 0 Å². The summed E-state index contributed by atoms with van der Waals surface area (Å²) in [4.78, 5) is 26.5. The fourth-order valence-electron chi connectivity index (χ4n) is 5.34. The van der Waals surface area contributed by atoms with Crippen LogP contribution in [0.4, 0.5) is 4.79 Å². The minimum atomic E-state index is -0.220. The summed E-state index contributed by atoms with van der Waals surface area (Å²) in [5.74, 6) is 1.35. The van der Waals surface area contributed by atoms with E-state index in [1.807, 2.05) is 27.8 Å². The Labute approximate surface area is 181 Å². The molecule has 0 aromatic heterocycles. The molecule has 30 heavy (non-hydrogen) atoms. The van der Waals surface area contributed by atoms with Gasteiger partial charge in [0, 0.05) is 25.4 Å². The van der Waals surface area contributed by atoms with Crippen molar-refractivity contribution in [3.8, 4) is 0 Å². The molecule has 1 heterocycles. The molecule has 1 aliphatic heterocycles. The van der Waals surface area contributed by atoms with Crippen LogP contribution < -0.4 is 0 Å². The molecule has 0 N–H and O–H groups in total. The largest absolute Gasteiger partial charge is 0.461 e. The average Bonchev–Trinajstić information content (AvgIpc) is 2.69. The predicted molar refractivity (Wildman–Crippen MR) is 118 cm³/mol. The van der Waals surface area contributed by atoms with Crippen LogP contribution in [0, 0.1) is 29.6 Å². The lowest BCUT2D eigenvalue weighted by molar-refractivity contribution is -0.158. The molecule has 0 spiro atoms. The first-order valence-electron chi connectivity index (χ1n) is 11.7. The molecule has 168 valence electrons. The Morgan fingerprint density at radius 1 is 1.27 bits per heavy atom. The third kappa shape index (κ3) is 4.92. The molecule has 1 saturated heterocycles. The zero-order valence-electron chi connectivity index (χ0n) is 19.5. The van der Waals surface area contributed by atoms with Gasteiger partial charge in [0.25, 0.3) is 0 Å². The second kappa shape index (κ2) is 9.57. The van der Waals surface area contributed by atoms with Crippen molar-refractivity contribution in [1.82, 2.24) is 4.90 Å². The third-order valence-corrected chi connectivity index (χ3v) is 7.45. The third-order valence-electron chi connectivity index (χ3n) is 7.45. The highest BCUT2D eigenvalue weighted by Gasteiger charge is 2.42. The molecule has 0 unspecified atom stereocenters. The van der Waals surface area contributed by atoms with Crippen LogP contribution in [0.15, 0.2) is 23.8 Å². The van der Waals surface area contributed by atoms with Crippen molar-refractivity contribution in [2.45, 2.75) is 85.0 Å². The molecule has 2 aliphatic carbocycles. The number of hydrogen-bond acceptors (Lipinski definition) is 4. The summed E-state index contributed by atoms with van der Waals surface area (Å²) in [5.41, 5.74) is 1.32. The summed E-state index contributed by atoms with van der Waals surface area (Å²) in [6.45, 7) is 10.4. The maximum Gasteiger partial charge on any atom is 0.410 e. The van der Waals surface area contributed by atoms with Gasteiger partial charge in [0.05, 0.1) is 5.92 Å². The van der Waals surface area contributed by atoms with Gasteiger partial charge in [-0.1, -0.05) is 45.9 Å². The quantitative estimate of drug-likeness (QED) is 0.546. The van der Waals surface area contributed by atoms with Crippen molar-refractivity contribution < 1.29 is 19.1 Å². The first-order valence-corrected chi connectivity index (χ1v) is 11.7. The van der Waals surface area contributed by atoms with Crippen molar-refractivity contribution in [2.75, 3.05) is 7.05 Å². The van der Waals surface area contributed by atoms with Gasteiger partial charge >= 0.3 is 12.1 Å². The van der Waals surface area contributed by atoms with Crippen LogP contribution >= 0.6 is 0 Å². The molecule has 3 aliphatic rings. The zero-order valence-corrected chi connectivity index (χ0v) is 19.5. The van der Waals surface area contributed by atoms with E-state index >= 15 is 0 Å². The first kappa shape index (κ1) is 22.9. The molecule has 0 radical (unpaired) electrons. The highest BCUT2D eigenvalue weighted by Crippen LogP contribution is 2.45. The Morgan fingerprint density at radius 2 is 2.00 bits per heavy atom. The van der Waals surface area contributed by atoms with E-state index in [-0.39, 0.29) is 42.1 Å². The number of rotatable bonds is 6. The van der Waals surface area contributed by atoms with E-state index in [0.717, 1.165) is 32.1 Å². The first-order chi connectivity index (χ1) is 14.2. The van der Waals surface area contributed by atoms with E-state index in [4.69, 9.17) is 9.47 Å². The Hall–Kier alpha value is -1.78. The minimum Gasteiger partial charge on any atom is -0.461 e. The maximum atomic E-state index is 12.6. The smallest absolute Gasteiger partial charge is 0.410 e. The maximum absolute atomic E-state index is 12.6. The Kier molecular flexibility index (Phi) is 7.30. The van der Waals surface area contributed by atoms with Crippen molar-refractivity contribution in [3.05, 3.63) is 23.8 Å². The number of nitrogens with zero attached hydrogens (tertiary/aromatic N) is 1. The topological polar surface area (TPSA) is 55.8 Å². The number of allylic oxidation sites excluding steroid dienone is 3. The van der Waals surface area contributed by atoms with Crippen LogP contribution in [-0.2, 0) is 14.3 Å². The number of fused-ring (bicyclic) bond motifs is 1. The second-order valence-electron chi connectivity index (χ2n) is 9.84. The van der Waals surface area contributed by atoms with Gasteiger partial charge in [-0.15, -0.1) is 0 Å². The van der Waals surface area contributed by atoms with Crippen molar-refractivity contribution in [2.24, 2.45) is 29.6 Å². The molecule has 3 rings (SSSR count). The van der Waals surface area contributed by atoms with Gasteiger partial charge in [0.1, 0.15) is 12.2 Å². The summed E-state index contributed by atoms with van der Waals surface area (Å²) in [7, 11) is 1.84. The molecule has 0 aromatic rings. The fourth-order valence-corrected chi connectivity index (χ4v) is 5.34. The Bertz CT molecular complexity index is 699. The minimum absolute atomic E-state index is 0.0300. The standard InChI is InChI=1S/C25H39NO4/c1-7-16(3)24(27)30-22-13-15(2)12-19-9-8-17(4)21(23(19)22)11-10-20-14-18(5)29-25(28)26(20)6/h8-9,12,15-18,20-23H,7,10-11,13-14H2,1-6H3/t15-,16-,17-,18-,20+,21-,22-,23-/m0/s1. The van der Waals surface area contributed by atoms with Gasteiger partial charge in [0.2, 0.25) is 0 Å². The monoisotopic (exact) mass is 417 g/mol. The molecule has 1 amide bonds. The SMILES string of the molecule is CC[C@H](C)C(=O)O[C@H]1C[C@@H](C)C=C2C=C[C@H](C)[C@H](CC[C@@H]3C[C@H](C)OC(=O)N3C)[C@H]21. The molecule has 5 nitrogen and oxygen atoms in total. The van der Waals surface area contributed by atoms with E-state index < -0.39 is 0 Å². The Morgan fingerprint density at radius 3 is 2.70 bits per heavy atom. The summed E-state index contributed by atoms with van der Waals surface area (Å²) in [6, 6.07) is 0.204. The number of amides is 1. The van der Waals surface area contributed by atoms with Gasteiger partial charge in [0.15, 0.2) is 0 Å². The molecule has 1 fully saturated rings. The number of esters is 1. The van der Waals surface area contributed by atoms with Crippen LogP contribution in [0.1, 0.15) is 66.7 Å². The second-order valence-corrected chi connectivity index (χ2v) is 9.84. The van der Waals surface area contributed by atoms with E-state index in [9.17, 15) is 9.59 Å². The van der Waals surface area contributed by atoms with Gasteiger partial charge in [-0.25, -0.2) is 4.79 Å². The lowest BCUT2D eigenvalue weighted by atomic mass is 9.65. The normalized spacial score (nSPS) is 37.1. The van der Waals surface area contributed by atoms with Gasteiger partial charge in [-0.05, 0) is 55.9 Å². The molecule has 0 saturated carbocycles. The highest BCUT2D eigenvalue weighted by atomic mass is 16.6. The van der Waals surface area contributed by atoms with Gasteiger partial charge in [-0.3, -0.25) is 4.79 Å². The number of ether oxygens (including phenoxy) is 2. The Balaban J connectivity index is 1.76. The van der Waals surface area contributed by atoms with E-state index in [2.05, 4.69) is 32.1 Å². The average molecular weight is 418 g/mol. The van der Waals surface area contributed by atoms with Gasteiger partial charge < -0.3 is 14.4 Å². The van der Waals surface area contributed by atoms with Crippen molar-refractivity contribution in [3.63, 3.8) is 0 Å². The van der Waals surface area contributed by atoms with Gasteiger partial charge in [-0.2, -0.15) is 0 Å². The molecular weight excluding hydrogens is 378 g/mol. The summed E-state index contributed by atoms with van der Waals surface area (Å²) in [5, 5.41) is 0. The lowest BCUT2D eigenvalue weighted by Gasteiger charge is -2.44. The van der Waals surface area contributed by atoms with Crippen LogP contribution in [0.5, 0.6) is 0 Å².